The molecule has 0 aliphatic carbocycles. The monoisotopic (exact) mass is 395 g/mol. The predicted octanol–water partition coefficient (Wildman–Crippen LogP) is 2.64. The molecule has 2 aromatic heterocycles. The summed E-state index contributed by atoms with van der Waals surface area (Å²) in [5.41, 5.74) is 1.76. The van der Waals surface area contributed by atoms with E-state index in [4.69, 9.17) is 4.74 Å². The molecule has 0 unspecified atom stereocenters. The van der Waals surface area contributed by atoms with Crippen LogP contribution in [0.15, 0.2) is 42.9 Å². The van der Waals surface area contributed by atoms with E-state index in [0.717, 1.165) is 42.3 Å². The van der Waals surface area contributed by atoms with E-state index >= 15 is 0 Å². The van der Waals surface area contributed by atoms with E-state index in [0.29, 0.717) is 24.0 Å². The number of aromatic nitrogens is 4. The molecule has 3 aromatic rings. The lowest BCUT2D eigenvalue weighted by molar-refractivity contribution is 0.0705. The van der Waals surface area contributed by atoms with Gasteiger partial charge in [-0.05, 0) is 43.2 Å². The van der Waals surface area contributed by atoms with Gasteiger partial charge in [-0.3, -0.25) is 4.79 Å². The quantitative estimate of drug-likeness (QED) is 0.676. The highest BCUT2D eigenvalue weighted by molar-refractivity contribution is 8.00. The van der Waals surface area contributed by atoms with Gasteiger partial charge in [0, 0.05) is 42.3 Å². The molecule has 28 heavy (non-hydrogen) atoms. The molecule has 2 aliphatic rings. The molecule has 0 N–H and O–H groups in total. The van der Waals surface area contributed by atoms with Gasteiger partial charge in [0.25, 0.3) is 11.7 Å². The summed E-state index contributed by atoms with van der Waals surface area (Å²) in [6.45, 7) is 1.45. The Morgan fingerprint density at radius 1 is 1.14 bits per heavy atom. The standard InChI is InChI=1S/C20H21N5O2S/c26-19(14-3-5-16(6-4-14)27-17-11-28-12-17)24-9-1-2-15(10-24)18-7-8-21-20-22-13-23-25(18)20/h3-8,13,15,17H,1-2,9-12H2/t15-/m0/s1. The first-order valence-corrected chi connectivity index (χ1v) is 10.7. The molecular formula is C20H21N5O2S. The van der Waals surface area contributed by atoms with Crippen molar-refractivity contribution in [2.75, 3.05) is 24.6 Å². The summed E-state index contributed by atoms with van der Waals surface area (Å²) in [7, 11) is 0. The molecule has 1 amide bonds. The van der Waals surface area contributed by atoms with Gasteiger partial charge in [0.15, 0.2) is 0 Å². The minimum absolute atomic E-state index is 0.0688. The highest BCUT2D eigenvalue weighted by atomic mass is 32.2. The Bertz CT molecular complexity index is 986. The van der Waals surface area contributed by atoms with Gasteiger partial charge in [0.05, 0.1) is 5.69 Å². The number of nitrogens with zero attached hydrogens (tertiary/aromatic N) is 5. The maximum absolute atomic E-state index is 13.0. The van der Waals surface area contributed by atoms with Gasteiger partial charge in [0.2, 0.25) is 0 Å². The van der Waals surface area contributed by atoms with Crippen LogP contribution in [-0.4, -0.2) is 61.1 Å². The lowest BCUT2D eigenvalue weighted by Gasteiger charge is -2.33. The normalized spacial score (nSPS) is 20.1. The number of hydrogen-bond donors (Lipinski definition) is 0. The van der Waals surface area contributed by atoms with Crippen molar-refractivity contribution >= 4 is 23.4 Å². The average Bonchev–Trinajstić information content (AvgIpc) is 3.20. The molecule has 0 saturated carbocycles. The fourth-order valence-corrected chi connectivity index (χ4v) is 4.37. The maximum atomic E-state index is 13.0. The predicted molar refractivity (Wildman–Crippen MR) is 107 cm³/mol. The number of ether oxygens (including phenoxy) is 1. The molecule has 1 atom stereocenters. The van der Waals surface area contributed by atoms with Crippen molar-refractivity contribution in [2.24, 2.45) is 0 Å². The summed E-state index contributed by atoms with van der Waals surface area (Å²) in [6, 6.07) is 9.52. The van der Waals surface area contributed by atoms with Gasteiger partial charge in [-0.1, -0.05) is 0 Å². The summed E-state index contributed by atoms with van der Waals surface area (Å²) in [6.07, 6.45) is 5.58. The van der Waals surface area contributed by atoms with Gasteiger partial charge in [-0.2, -0.15) is 21.8 Å². The van der Waals surface area contributed by atoms with E-state index in [2.05, 4.69) is 15.1 Å². The Kier molecular flexibility index (Phi) is 4.64. The van der Waals surface area contributed by atoms with Crippen LogP contribution in [0.3, 0.4) is 0 Å². The highest BCUT2D eigenvalue weighted by Crippen LogP contribution is 2.28. The van der Waals surface area contributed by atoms with Crippen molar-refractivity contribution in [3.05, 3.63) is 54.1 Å². The van der Waals surface area contributed by atoms with Crippen LogP contribution in [0.25, 0.3) is 5.78 Å². The number of rotatable bonds is 4. The number of carbonyl (C=O) groups excluding carboxylic acids is 1. The molecular weight excluding hydrogens is 374 g/mol. The third-order valence-electron chi connectivity index (χ3n) is 5.35. The SMILES string of the molecule is O=C(c1ccc(OC2CSC2)cc1)N1CCC[C@H](c2ccnc3ncnn23)C1. The molecule has 2 fully saturated rings. The van der Waals surface area contributed by atoms with Crippen LogP contribution >= 0.6 is 11.8 Å². The van der Waals surface area contributed by atoms with Crippen molar-refractivity contribution in [3.8, 4) is 5.75 Å². The highest BCUT2D eigenvalue weighted by Gasteiger charge is 2.27. The smallest absolute Gasteiger partial charge is 0.253 e. The molecule has 7 nitrogen and oxygen atoms in total. The third-order valence-corrected chi connectivity index (χ3v) is 6.56. The zero-order chi connectivity index (χ0) is 18.9. The molecule has 144 valence electrons. The van der Waals surface area contributed by atoms with Gasteiger partial charge in [0.1, 0.15) is 18.2 Å². The number of likely N-dealkylation sites (tertiary alicyclic amines) is 1. The van der Waals surface area contributed by atoms with Crippen molar-refractivity contribution in [3.63, 3.8) is 0 Å². The zero-order valence-corrected chi connectivity index (χ0v) is 16.2. The molecule has 0 radical (unpaired) electrons. The summed E-state index contributed by atoms with van der Waals surface area (Å²) >= 11 is 1.89. The van der Waals surface area contributed by atoms with E-state index in [-0.39, 0.29) is 11.8 Å². The first-order chi connectivity index (χ1) is 13.8. The van der Waals surface area contributed by atoms with Crippen molar-refractivity contribution in [1.29, 1.82) is 0 Å². The van der Waals surface area contributed by atoms with Crippen molar-refractivity contribution in [1.82, 2.24) is 24.5 Å². The molecule has 0 bridgehead atoms. The van der Waals surface area contributed by atoms with Crippen LogP contribution in [-0.2, 0) is 0 Å². The summed E-state index contributed by atoms with van der Waals surface area (Å²) in [5, 5.41) is 4.29. The minimum Gasteiger partial charge on any atom is -0.489 e. The van der Waals surface area contributed by atoms with Crippen LogP contribution in [0.4, 0.5) is 0 Å². The molecule has 0 spiro atoms. The fourth-order valence-electron chi connectivity index (χ4n) is 3.80. The number of hydrogen-bond acceptors (Lipinski definition) is 6. The van der Waals surface area contributed by atoms with E-state index in [1.54, 1.807) is 10.7 Å². The molecule has 1 aromatic carbocycles. The van der Waals surface area contributed by atoms with Crippen molar-refractivity contribution in [2.45, 2.75) is 24.9 Å². The van der Waals surface area contributed by atoms with Crippen LogP contribution < -0.4 is 4.74 Å². The Hall–Kier alpha value is -2.61. The topological polar surface area (TPSA) is 72.6 Å². The summed E-state index contributed by atoms with van der Waals surface area (Å²) in [4.78, 5) is 23.4. The average molecular weight is 395 g/mol. The van der Waals surface area contributed by atoms with Gasteiger partial charge < -0.3 is 9.64 Å². The second-order valence-corrected chi connectivity index (χ2v) is 8.31. The lowest BCUT2D eigenvalue weighted by Crippen LogP contribution is -2.39. The van der Waals surface area contributed by atoms with Crippen LogP contribution in [0.5, 0.6) is 5.75 Å². The van der Waals surface area contributed by atoms with Crippen LogP contribution in [0.1, 0.15) is 34.8 Å². The van der Waals surface area contributed by atoms with E-state index in [9.17, 15) is 4.79 Å². The second kappa shape index (κ2) is 7.43. The van der Waals surface area contributed by atoms with E-state index in [1.807, 2.05) is 47.0 Å². The number of carbonyl (C=O) groups is 1. The number of fused-ring (bicyclic) bond motifs is 1. The van der Waals surface area contributed by atoms with Gasteiger partial charge in [-0.25, -0.2) is 9.50 Å². The van der Waals surface area contributed by atoms with E-state index in [1.165, 1.54) is 6.33 Å². The fraction of sp³-hybridized carbons (Fsp3) is 0.400. The first kappa shape index (κ1) is 17.5. The maximum Gasteiger partial charge on any atom is 0.253 e. The number of thioether (sulfide) groups is 1. The molecule has 8 heteroatoms. The lowest BCUT2D eigenvalue weighted by atomic mass is 9.94. The largest absolute Gasteiger partial charge is 0.489 e. The Labute approximate surface area is 167 Å². The van der Waals surface area contributed by atoms with Crippen LogP contribution in [0.2, 0.25) is 0 Å². The van der Waals surface area contributed by atoms with Crippen LogP contribution in [0, 0.1) is 0 Å². The molecule has 2 aliphatic heterocycles. The molecule has 2 saturated heterocycles. The third kappa shape index (κ3) is 3.32. The number of piperidine rings is 1. The van der Waals surface area contributed by atoms with E-state index < -0.39 is 0 Å². The van der Waals surface area contributed by atoms with Crippen molar-refractivity contribution < 1.29 is 9.53 Å². The molecule has 5 rings (SSSR count). The summed E-state index contributed by atoms with van der Waals surface area (Å²) in [5.74, 6) is 3.82. The Balaban J connectivity index is 1.30. The summed E-state index contributed by atoms with van der Waals surface area (Å²) < 4.78 is 7.65. The number of amides is 1. The second-order valence-electron chi connectivity index (χ2n) is 7.23. The van der Waals surface area contributed by atoms with Gasteiger partial charge in [-0.15, -0.1) is 0 Å². The first-order valence-electron chi connectivity index (χ1n) is 9.56. The minimum atomic E-state index is 0.0688. The number of benzene rings is 1. The Morgan fingerprint density at radius 3 is 2.79 bits per heavy atom. The molecule has 4 heterocycles. The Morgan fingerprint density at radius 2 is 2.00 bits per heavy atom. The zero-order valence-electron chi connectivity index (χ0n) is 15.4. The van der Waals surface area contributed by atoms with Gasteiger partial charge >= 0.3 is 0 Å².